The van der Waals surface area contributed by atoms with E-state index in [0.29, 0.717) is 11.9 Å². The van der Waals surface area contributed by atoms with Gasteiger partial charge in [-0.05, 0) is 25.7 Å². The smallest absolute Gasteiger partial charge is 0.228 e. The fourth-order valence-electron chi connectivity index (χ4n) is 1.81. The van der Waals surface area contributed by atoms with Gasteiger partial charge in [0.05, 0.1) is 0 Å². The minimum atomic E-state index is -0.234. The van der Waals surface area contributed by atoms with Gasteiger partial charge in [-0.3, -0.25) is 4.79 Å². The Morgan fingerprint density at radius 3 is 2.33 bits per heavy atom. The number of carbonyl (C=O) groups excluding carboxylic acids is 1. The summed E-state index contributed by atoms with van der Waals surface area (Å²) < 4.78 is 0. The van der Waals surface area contributed by atoms with Crippen LogP contribution in [0.15, 0.2) is 0 Å². The van der Waals surface area contributed by atoms with Crippen LogP contribution in [0.2, 0.25) is 0 Å². The van der Waals surface area contributed by atoms with Gasteiger partial charge in [0, 0.05) is 23.3 Å². The number of rotatable bonds is 4. The maximum Gasteiger partial charge on any atom is 0.228 e. The highest BCUT2D eigenvalue weighted by Gasteiger charge is 2.34. The topological polar surface area (TPSA) is 20.3 Å². The van der Waals surface area contributed by atoms with Crippen molar-refractivity contribution < 1.29 is 4.79 Å². The molecule has 1 fully saturated rings. The summed E-state index contributed by atoms with van der Waals surface area (Å²) in [6, 6.07) is 0.524. The predicted octanol–water partition coefficient (Wildman–Crippen LogP) is 3.20. The van der Waals surface area contributed by atoms with Crippen LogP contribution >= 0.6 is 15.9 Å². The molecule has 1 saturated carbocycles. The highest BCUT2D eigenvalue weighted by Crippen LogP contribution is 2.29. The third-order valence-electron chi connectivity index (χ3n) is 2.95. The second-order valence-electron chi connectivity index (χ2n) is 5.38. The van der Waals surface area contributed by atoms with E-state index in [4.69, 9.17) is 0 Å². The largest absolute Gasteiger partial charge is 0.339 e. The Kier molecular flexibility index (Phi) is 4.63. The van der Waals surface area contributed by atoms with E-state index < -0.39 is 0 Å². The van der Waals surface area contributed by atoms with Gasteiger partial charge in [0.2, 0.25) is 5.91 Å². The first-order valence-corrected chi connectivity index (χ1v) is 6.96. The normalized spacial score (nSPS) is 17.3. The van der Waals surface area contributed by atoms with Crippen molar-refractivity contribution in [1.29, 1.82) is 0 Å². The van der Waals surface area contributed by atoms with Crippen LogP contribution in [0.1, 0.15) is 46.5 Å². The van der Waals surface area contributed by atoms with Gasteiger partial charge in [-0.1, -0.05) is 36.7 Å². The standard InChI is InChI=1S/C12H22BrNO/c1-12(2,3)11(15)14(9-5-8-13)10-6-4-7-10/h10H,4-9H2,1-3H3. The molecule has 0 heterocycles. The van der Waals surface area contributed by atoms with Crippen LogP contribution in [0.5, 0.6) is 0 Å². The number of hydrogen-bond donors (Lipinski definition) is 0. The van der Waals surface area contributed by atoms with E-state index in [1.165, 1.54) is 19.3 Å². The lowest BCUT2D eigenvalue weighted by atomic mass is 9.87. The Morgan fingerprint density at radius 1 is 1.40 bits per heavy atom. The molecule has 0 N–H and O–H groups in total. The van der Waals surface area contributed by atoms with Crippen LogP contribution in [-0.4, -0.2) is 28.7 Å². The fourth-order valence-corrected chi connectivity index (χ4v) is 2.06. The van der Waals surface area contributed by atoms with Crippen molar-refractivity contribution in [3.8, 4) is 0 Å². The summed E-state index contributed by atoms with van der Waals surface area (Å²) in [4.78, 5) is 14.3. The van der Waals surface area contributed by atoms with Gasteiger partial charge in [0.25, 0.3) is 0 Å². The van der Waals surface area contributed by atoms with E-state index in [-0.39, 0.29) is 5.41 Å². The first-order valence-electron chi connectivity index (χ1n) is 5.84. The van der Waals surface area contributed by atoms with Crippen molar-refractivity contribution in [1.82, 2.24) is 4.90 Å². The van der Waals surface area contributed by atoms with Crippen LogP contribution in [0.25, 0.3) is 0 Å². The lowest BCUT2D eigenvalue weighted by Crippen LogP contribution is -2.49. The molecule has 88 valence electrons. The molecule has 0 atom stereocenters. The van der Waals surface area contributed by atoms with Crippen LogP contribution in [0.4, 0.5) is 0 Å². The second kappa shape index (κ2) is 5.33. The molecule has 0 bridgehead atoms. The van der Waals surface area contributed by atoms with E-state index in [1.54, 1.807) is 0 Å². The maximum absolute atomic E-state index is 12.2. The molecule has 0 saturated heterocycles. The van der Waals surface area contributed by atoms with Crippen LogP contribution < -0.4 is 0 Å². The first-order chi connectivity index (χ1) is 6.96. The molecule has 0 aromatic rings. The Hall–Kier alpha value is -0.0500. The van der Waals surface area contributed by atoms with Crippen LogP contribution in [-0.2, 0) is 4.79 Å². The van der Waals surface area contributed by atoms with E-state index in [1.807, 2.05) is 20.8 Å². The molecule has 0 spiro atoms. The fraction of sp³-hybridized carbons (Fsp3) is 0.917. The van der Waals surface area contributed by atoms with Gasteiger partial charge in [0.1, 0.15) is 0 Å². The third-order valence-corrected chi connectivity index (χ3v) is 3.51. The van der Waals surface area contributed by atoms with Gasteiger partial charge >= 0.3 is 0 Å². The van der Waals surface area contributed by atoms with Crippen LogP contribution in [0.3, 0.4) is 0 Å². The molecule has 0 radical (unpaired) electrons. The summed E-state index contributed by atoms with van der Waals surface area (Å²) in [5, 5.41) is 0.980. The molecule has 1 aliphatic rings. The second-order valence-corrected chi connectivity index (χ2v) is 6.17. The number of halogens is 1. The number of hydrogen-bond acceptors (Lipinski definition) is 1. The summed E-state index contributed by atoms with van der Waals surface area (Å²) in [5.41, 5.74) is -0.234. The molecule has 1 rings (SSSR count). The molecule has 0 aromatic heterocycles. The summed E-state index contributed by atoms with van der Waals surface area (Å²) in [6.45, 7) is 6.94. The highest BCUT2D eigenvalue weighted by atomic mass is 79.9. The minimum Gasteiger partial charge on any atom is -0.339 e. The molecular weight excluding hydrogens is 254 g/mol. The Labute approximate surface area is 102 Å². The Bertz CT molecular complexity index is 218. The average Bonchev–Trinajstić information content (AvgIpc) is 2.06. The van der Waals surface area contributed by atoms with E-state index >= 15 is 0 Å². The zero-order chi connectivity index (χ0) is 11.5. The summed E-state index contributed by atoms with van der Waals surface area (Å²) in [6.07, 6.45) is 4.74. The van der Waals surface area contributed by atoms with Gasteiger partial charge in [0.15, 0.2) is 0 Å². The molecule has 1 aliphatic carbocycles. The van der Waals surface area contributed by atoms with Crippen LogP contribution in [0, 0.1) is 5.41 Å². The third kappa shape index (κ3) is 3.47. The predicted molar refractivity (Wildman–Crippen MR) is 67.2 cm³/mol. The first kappa shape index (κ1) is 13.0. The summed E-state index contributed by atoms with van der Waals surface area (Å²) in [7, 11) is 0. The number of nitrogens with zero attached hydrogens (tertiary/aromatic N) is 1. The monoisotopic (exact) mass is 275 g/mol. The summed E-state index contributed by atoms with van der Waals surface area (Å²) in [5.74, 6) is 0.313. The van der Waals surface area contributed by atoms with Gasteiger partial charge in [-0.2, -0.15) is 0 Å². The number of amides is 1. The van der Waals surface area contributed by atoms with Crippen molar-refractivity contribution in [2.45, 2.75) is 52.5 Å². The molecular formula is C12H22BrNO. The SMILES string of the molecule is CC(C)(C)C(=O)N(CCCBr)C1CCC1. The quantitative estimate of drug-likeness (QED) is 0.722. The minimum absolute atomic E-state index is 0.234. The molecule has 2 nitrogen and oxygen atoms in total. The van der Waals surface area contributed by atoms with Crippen molar-refractivity contribution in [2.75, 3.05) is 11.9 Å². The van der Waals surface area contributed by atoms with E-state index in [2.05, 4.69) is 20.8 Å². The van der Waals surface area contributed by atoms with Gasteiger partial charge in [-0.25, -0.2) is 0 Å². The lowest BCUT2D eigenvalue weighted by molar-refractivity contribution is -0.143. The molecule has 15 heavy (non-hydrogen) atoms. The zero-order valence-electron chi connectivity index (χ0n) is 10.1. The summed E-state index contributed by atoms with van der Waals surface area (Å²) >= 11 is 3.43. The molecule has 3 heteroatoms. The lowest BCUT2D eigenvalue weighted by Gasteiger charge is -2.40. The van der Waals surface area contributed by atoms with Crippen molar-refractivity contribution in [3.05, 3.63) is 0 Å². The molecule has 1 amide bonds. The van der Waals surface area contributed by atoms with E-state index in [9.17, 15) is 4.79 Å². The zero-order valence-corrected chi connectivity index (χ0v) is 11.6. The highest BCUT2D eigenvalue weighted by molar-refractivity contribution is 9.09. The molecule has 0 unspecified atom stereocenters. The molecule has 0 aromatic carbocycles. The number of carbonyl (C=O) groups is 1. The molecule has 0 aliphatic heterocycles. The van der Waals surface area contributed by atoms with Crippen molar-refractivity contribution >= 4 is 21.8 Å². The Morgan fingerprint density at radius 2 is 2.00 bits per heavy atom. The maximum atomic E-state index is 12.2. The van der Waals surface area contributed by atoms with Crippen molar-refractivity contribution in [2.24, 2.45) is 5.41 Å². The van der Waals surface area contributed by atoms with Gasteiger partial charge < -0.3 is 4.90 Å². The Balaban J connectivity index is 2.58. The van der Waals surface area contributed by atoms with E-state index in [0.717, 1.165) is 18.3 Å². The van der Waals surface area contributed by atoms with Gasteiger partial charge in [-0.15, -0.1) is 0 Å². The number of alkyl halides is 1. The van der Waals surface area contributed by atoms with Crippen molar-refractivity contribution in [3.63, 3.8) is 0 Å². The average molecular weight is 276 g/mol.